The minimum atomic E-state index is -4.63. The van der Waals surface area contributed by atoms with E-state index in [0.29, 0.717) is 16.8 Å². The molecule has 4 aromatic rings. The van der Waals surface area contributed by atoms with E-state index in [-0.39, 0.29) is 22.0 Å². The highest BCUT2D eigenvalue weighted by molar-refractivity contribution is 7.92. The largest absolute Gasteiger partial charge is 0.416 e. The summed E-state index contributed by atoms with van der Waals surface area (Å²) in [5.41, 5.74) is -1.65. The van der Waals surface area contributed by atoms with E-state index in [4.69, 9.17) is 0 Å². The first kappa shape index (κ1) is 23.1. The molecule has 0 aliphatic rings. The predicted octanol–water partition coefficient (Wildman–Crippen LogP) is 4.60. The van der Waals surface area contributed by atoms with Gasteiger partial charge in [0.25, 0.3) is 21.5 Å². The van der Waals surface area contributed by atoms with Gasteiger partial charge in [0.15, 0.2) is 0 Å². The van der Waals surface area contributed by atoms with Crippen LogP contribution in [0.4, 0.5) is 24.5 Å². The predicted molar refractivity (Wildman–Crippen MR) is 121 cm³/mol. The lowest BCUT2D eigenvalue weighted by Gasteiger charge is -2.12. The molecule has 0 atom stereocenters. The van der Waals surface area contributed by atoms with Gasteiger partial charge in [-0.1, -0.05) is 30.3 Å². The molecule has 11 heteroatoms. The van der Waals surface area contributed by atoms with Crippen molar-refractivity contribution in [1.82, 2.24) is 4.98 Å². The number of hydrogen-bond donors (Lipinski definition) is 3. The second-order valence-corrected chi connectivity index (χ2v) is 8.95. The van der Waals surface area contributed by atoms with Crippen LogP contribution in [0.5, 0.6) is 0 Å². The SMILES string of the molecule is O=C(Nc1cccc(S(=O)(=O)Nc2cccc(C(F)(F)F)c2)c1)c1cc2ccccc2c(=O)[nH]1. The van der Waals surface area contributed by atoms with Crippen LogP contribution >= 0.6 is 0 Å². The molecule has 0 unspecified atom stereocenters. The van der Waals surface area contributed by atoms with Crippen LogP contribution in [0.2, 0.25) is 0 Å². The molecule has 3 N–H and O–H groups in total. The molecule has 0 saturated carbocycles. The second kappa shape index (κ2) is 8.67. The van der Waals surface area contributed by atoms with E-state index < -0.39 is 33.2 Å². The lowest BCUT2D eigenvalue weighted by atomic mass is 10.1. The standard InChI is InChI=1S/C23H16F3N3O4S/c24-23(25,26)15-6-3-8-17(12-15)29-34(32,33)18-9-4-7-16(13-18)27-22(31)20-11-14-5-1-2-10-19(14)21(30)28-20/h1-13,29H,(H,27,31)(H,28,30). The zero-order chi connectivity index (χ0) is 24.5. The van der Waals surface area contributed by atoms with Crippen molar-refractivity contribution in [2.24, 2.45) is 0 Å². The third-order valence-electron chi connectivity index (χ3n) is 4.84. The number of pyridine rings is 1. The summed E-state index contributed by atoms with van der Waals surface area (Å²) in [5, 5.41) is 3.47. The van der Waals surface area contributed by atoms with E-state index in [1.54, 1.807) is 24.3 Å². The highest BCUT2D eigenvalue weighted by Crippen LogP contribution is 2.31. The van der Waals surface area contributed by atoms with E-state index in [2.05, 4.69) is 15.0 Å². The van der Waals surface area contributed by atoms with E-state index >= 15 is 0 Å². The number of H-pyrrole nitrogens is 1. The Labute approximate surface area is 191 Å². The maximum Gasteiger partial charge on any atom is 0.416 e. The minimum Gasteiger partial charge on any atom is -0.321 e. The van der Waals surface area contributed by atoms with Crippen molar-refractivity contribution in [3.63, 3.8) is 0 Å². The first-order valence-corrected chi connectivity index (χ1v) is 11.2. The van der Waals surface area contributed by atoms with Crippen molar-refractivity contribution in [2.45, 2.75) is 11.1 Å². The molecule has 174 valence electrons. The number of rotatable bonds is 5. The van der Waals surface area contributed by atoms with E-state index in [1.165, 1.54) is 30.3 Å². The lowest BCUT2D eigenvalue weighted by Crippen LogP contribution is -2.19. The summed E-state index contributed by atoms with van der Waals surface area (Å²) in [6, 6.07) is 17.1. The molecule has 0 saturated heterocycles. The average molecular weight is 487 g/mol. The fourth-order valence-electron chi connectivity index (χ4n) is 3.25. The summed E-state index contributed by atoms with van der Waals surface area (Å²) in [4.78, 5) is 27.0. The van der Waals surface area contributed by atoms with E-state index in [9.17, 15) is 31.2 Å². The maximum absolute atomic E-state index is 12.9. The molecule has 0 aliphatic carbocycles. The van der Waals surface area contributed by atoms with Gasteiger partial charge in [-0.2, -0.15) is 13.2 Å². The van der Waals surface area contributed by atoms with Crippen molar-refractivity contribution in [3.05, 3.63) is 100 Å². The Bertz CT molecular complexity index is 1560. The first-order chi connectivity index (χ1) is 16.0. The van der Waals surface area contributed by atoms with E-state index in [1.807, 2.05) is 0 Å². The number of aromatic nitrogens is 1. The number of nitrogens with one attached hydrogen (secondary N) is 3. The molecule has 0 aliphatic heterocycles. The third kappa shape index (κ3) is 4.94. The number of aromatic amines is 1. The third-order valence-corrected chi connectivity index (χ3v) is 6.22. The molecule has 7 nitrogen and oxygen atoms in total. The van der Waals surface area contributed by atoms with Gasteiger partial charge in [-0.3, -0.25) is 14.3 Å². The van der Waals surface area contributed by atoms with Gasteiger partial charge >= 0.3 is 6.18 Å². The Morgan fingerprint density at radius 2 is 1.56 bits per heavy atom. The number of fused-ring (bicyclic) bond motifs is 1. The molecule has 1 amide bonds. The smallest absolute Gasteiger partial charge is 0.321 e. The summed E-state index contributed by atoms with van der Waals surface area (Å²) in [7, 11) is -4.26. The topological polar surface area (TPSA) is 108 Å². The molecule has 0 bridgehead atoms. The molecular weight excluding hydrogens is 471 g/mol. The fraction of sp³-hybridized carbons (Fsp3) is 0.0435. The molecule has 0 fully saturated rings. The Hall–Kier alpha value is -4.12. The highest BCUT2D eigenvalue weighted by atomic mass is 32.2. The molecule has 0 spiro atoms. The minimum absolute atomic E-state index is 0.0287. The van der Waals surface area contributed by atoms with Gasteiger partial charge in [0.2, 0.25) is 0 Å². The van der Waals surface area contributed by atoms with E-state index in [0.717, 1.165) is 18.2 Å². The molecule has 3 aromatic carbocycles. The number of hydrogen-bond acceptors (Lipinski definition) is 4. The Morgan fingerprint density at radius 3 is 2.32 bits per heavy atom. The van der Waals surface area contributed by atoms with Gasteiger partial charge in [0, 0.05) is 16.8 Å². The number of carbonyl (C=O) groups excluding carboxylic acids is 1. The Balaban J connectivity index is 1.57. The Morgan fingerprint density at radius 1 is 0.853 bits per heavy atom. The molecule has 34 heavy (non-hydrogen) atoms. The van der Waals surface area contributed by atoms with Crippen molar-refractivity contribution in [3.8, 4) is 0 Å². The lowest BCUT2D eigenvalue weighted by molar-refractivity contribution is -0.137. The van der Waals surface area contributed by atoms with Gasteiger partial charge in [-0.25, -0.2) is 8.42 Å². The number of sulfonamides is 1. The van der Waals surface area contributed by atoms with Crippen LogP contribution < -0.4 is 15.6 Å². The Kier molecular flexibility index (Phi) is 5.88. The maximum atomic E-state index is 12.9. The van der Waals surface area contributed by atoms with Crippen molar-refractivity contribution >= 4 is 38.1 Å². The number of anilines is 2. The first-order valence-electron chi connectivity index (χ1n) is 9.76. The van der Waals surface area contributed by atoms with Crippen LogP contribution in [0.25, 0.3) is 10.8 Å². The number of halogens is 3. The summed E-state index contributed by atoms with van der Waals surface area (Å²) >= 11 is 0. The van der Waals surface area contributed by atoms with Gasteiger partial charge in [0.1, 0.15) is 5.69 Å². The van der Waals surface area contributed by atoms with Crippen LogP contribution in [0, 0.1) is 0 Å². The number of amides is 1. The number of benzene rings is 3. The van der Waals surface area contributed by atoms with Crippen molar-refractivity contribution in [1.29, 1.82) is 0 Å². The van der Waals surface area contributed by atoms with Crippen LogP contribution in [-0.4, -0.2) is 19.3 Å². The van der Waals surface area contributed by atoms with Crippen LogP contribution in [0.3, 0.4) is 0 Å². The average Bonchev–Trinajstić information content (AvgIpc) is 2.78. The van der Waals surface area contributed by atoms with Gasteiger partial charge < -0.3 is 10.3 Å². The summed E-state index contributed by atoms with van der Waals surface area (Å²) in [6.45, 7) is 0. The molecule has 0 radical (unpaired) electrons. The number of alkyl halides is 3. The number of carbonyl (C=O) groups is 1. The fourth-order valence-corrected chi connectivity index (χ4v) is 4.34. The van der Waals surface area contributed by atoms with Crippen LogP contribution in [0.15, 0.2) is 88.6 Å². The molecule has 1 heterocycles. The van der Waals surface area contributed by atoms with Crippen molar-refractivity contribution < 1.29 is 26.4 Å². The van der Waals surface area contributed by atoms with Gasteiger partial charge in [-0.05, 0) is 53.9 Å². The highest BCUT2D eigenvalue weighted by Gasteiger charge is 2.30. The van der Waals surface area contributed by atoms with Gasteiger partial charge in [0.05, 0.1) is 10.5 Å². The molecule has 4 rings (SSSR count). The second-order valence-electron chi connectivity index (χ2n) is 7.27. The van der Waals surface area contributed by atoms with Crippen LogP contribution in [0.1, 0.15) is 16.1 Å². The molecule has 1 aromatic heterocycles. The summed E-state index contributed by atoms with van der Waals surface area (Å²) in [6.07, 6.45) is -4.63. The van der Waals surface area contributed by atoms with Crippen LogP contribution in [-0.2, 0) is 16.2 Å². The van der Waals surface area contributed by atoms with Gasteiger partial charge in [-0.15, -0.1) is 0 Å². The zero-order valence-electron chi connectivity index (χ0n) is 17.2. The zero-order valence-corrected chi connectivity index (χ0v) is 18.0. The van der Waals surface area contributed by atoms with Crippen molar-refractivity contribution in [2.75, 3.05) is 10.0 Å². The summed E-state index contributed by atoms with van der Waals surface area (Å²) < 4.78 is 66.2. The monoisotopic (exact) mass is 487 g/mol. The summed E-state index contributed by atoms with van der Waals surface area (Å²) in [5.74, 6) is -0.678. The molecular formula is C23H16F3N3O4S. The normalized spacial score (nSPS) is 11.9. The quantitative estimate of drug-likeness (QED) is 0.382.